The Morgan fingerprint density at radius 3 is 2.23 bits per heavy atom. The van der Waals surface area contributed by atoms with Crippen LogP contribution in [0.3, 0.4) is 0 Å². The van der Waals surface area contributed by atoms with Gasteiger partial charge in [0, 0.05) is 18.1 Å². The van der Waals surface area contributed by atoms with Crippen molar-refractivity contribution in [2.75, 3.05) is 13.1 Å². The van der Waals surface area contributed by atoms with Gasteiger partial charge in [-0.15, -0.1) is 0 Å². The molecule has 0 aromatic rings. The summed E-state index contributed by atoms with van der Waals surface area (Å²) in [6, 6.07) is 0.653. The highest BCUT2D eigenvalue weighted by molar-refractivity contribution is 4.95. The molecule has 0 aliphatic carbocycles. The van der Waals surface area contributed by atoms with Crippen molar-refractivity contribution >= 4 is 0 Å². The SMILES string of the molecule is CC[C@@H]1CN(CC)[C]N1C(C)(C)C. The third kappa shape index (κ3) is 2.44. The van der Waals surface area contributed by atoms with E-state index in [1.807, 2.05) is 0 Å². The maximum atomic E-state index is 3.45. The molecule has 1 rings (SSSR count). The van der Waals surface area contributed by atoms with Crippen LogP contribution in [0.2, 0.25) is 0 Å². The summed E-state index contributed by atoms with van der Waals surface area (Å²) in [6.07, 6.45) is 1.21. The van der Waals surface area contributed by atoms with E-state index in [1.165, 1.54) is 6.42 Å². The second kappa shape index (κ2) is 3.97. The van der Waals surface area contributed by atoms with E-state index < -0.39 is 0 Å². The van der Waals surface area contributed by atoms with Crippen molar-refractivity contribution in [3.05, 3.63) is 6.67 Å². The summed E-state index contributed by atoms with van der Waals surface area (Å²) in [6.45, 7) is 16.9. The first-order valence-corrected chi connectivity index (χ1v) is 5.29. The Morgan fingerprint density at radius 1 is 1.31 bits per heavy atom. The fourth-order valence-corrected chi connectivity index (χ4v) is 1.82. The zero-order valence-electron chi connectivity index (χ0n) is 9.59. The molecule has 1 atom stereocenters. The molecule has 2 nitrogen and oxygen atoms in total. The minimum Gasteiger partial charge on any atom is -0.278 e. The highest BCUT2D eigenvalue weighted by atomic mass is 15.4. The predicted molar refractivity (Wildman–Crippen MR) is 56.2 cm³/mol. The monoisotopic (exact) mass is 182 g/mol. The zero-order valence-corrected chi connectivity index (χ0v) is 9.59. The lowest BCUT2D eigenvalue weighted by molar-refractivity contribution is 0.145. The van der Waals surface area contributed by atoms with Crippen molar-refractivity contribution in [1.29, 1.82) is 0 Å². The summed E-state index contributed by atoms with van der Waals surface area (Å²) in [5.74, 6) is 0. The van der Waals surface area contributed by atoms with Gasteiger partial charge in [0.1, 0.15) is 6.67 Å². The predicted octanol–water partition coefficient (Wildman–Crippen LogP) is 2.20. The van der Waals surface area contributed by atoms with E-state index in [1.54, 1.807) is 0 Å². The Bertz CT molecular complexity index is 160. The lowest BCUT2D eigenvalue weighted by Crippen LogP contribution is -2.43. The molecule has 2 heteroatoms. The van der Waals surface area contributed by atoms with Gasteiger partial charge in [-0.1, -0.05) is 13.8 Å². The standard InChI is InChI=1S/C11H22N2/c1-6-10-8-12(7-2)9-13(10)11(3,4)5/h10H,6-8H2,1-5H3/t10-/m1/s1. The first-order valence-electron chi connectivity index (χ1n) is 5.29. The number of hydrogen-bond acceptors (Lipinski definition) is 2. The molecule has 0 aromatic heterocycles. The van der Waals surface area contributed by atoms with Crippen LogP contribution in [0, 0.1) is 6.67 Å². The fourth-order valence-electron chi connectivity index (χ4n) is 1.82. The number of hydrogen-bond donors (Lipinski definition) is 0. The molecule has 0 bridgehead atoms. The molecule has 1 fully saturated rings. The molecule has 1 aliphatic heterocycles. The Balaban J connectivity index is 2.63. The smallest absolute Gasteiger partial charge is 0.147 e. The Hall–Kier alpha value is -0.0800. The van der Waals surface area contributed by atoms with E-state index in [-0.39, 0.29) is 5.54 Å². The van der Waals surface area contributed by atoms with Crippen LogP contribution < -0.4 is 0 Å². The first kappa shape index (κ1) is 11.0. The number of nitrogens with zero attached hydrogens (tertiary/aromatic N) is 2. The molecular formula is C11H22N2. The maximum absolute atomic E-state index is 3.45. The van der Waals surface area contributed by atoms with Gasteiger partial charge in [-0.2, -0.15) is 0 Å². The molecule has 1 aliphatic rings. The zero-order chi connectivity index (χ0) is 10.1. The van der Waals surface area contributed by atoms with Crippen molar-refractivity contribution in [3.8, 4) is 0 Å². The van der Waals surface area contributed by atoms with Gasteiger partial charge in [0.2, 0.25) is 0 Å². The van der Waals surface area contributed by atoms with Crippen LogP contribution in [0.4, 0.5) is 0 Å². The largest absolute Gasteiger partial charge is 0.278 e. The molecular weight excluding hydrogens is 160 g/mol. The molecule has 13 heavy (non-hydrogen) atoms. The van der Waals surface area contributed by atoms with E-state index in [0.29, 0.717) is 6.04 Å². The summed E-state index contributed by atoms with van der Waals surface area (Å²) in [5, 5.41) is 0. The van der Waals surface area contributed by atoms with Gasteiger partial charge < -0.3 is 0 Å². The molecule has 1 heterocycles. The molecule has 0 unspecified atom stereocenters. The average Bonchev–Trinajstić information content (AvgIpc) is 2.46. The summed E-state index contributed by atoms with van der Waals surface area (Å²) in [5.41, 5.74) is 0.213. The molecule has 0 spiro atoms. The summed E-state index contributed by atoms with van der Waals surface area (Å²) < 4.78 is 0. The van der Waals surface area contributed by atoms with Crippen molar-refractivity contribution in [1.82, 2.24) is 9.80 Å². The summed E-state index contributed by atoms with van der Waals surface area (Å²) in [4.78, 5) is 4.65. The summed E-state index contributed by atoms with van der Waals surface area (Å²) in [7, 11) is 0. The third-order valence-electron chi connectivity index (χ3n) is 2.62. The van der Waals surface area contributed by atoms with Crippen molar-refractivity contribution in [3.63, 3.8) is 0 Å². The van der Waals surface area contributed by atoms with Gasteiger partial charge in [0.05, 0.1) is 0 Å². The van der Waals surface area contributed by atoms with E-state index >= 15 is 0 Å². The minimum absolute atomic E-state index is 0.213. The highest BCUT2D eigenvalue weighted by Crippen LogP contribution is 2.27. The minimum atomic E-state index is 0.213. The third-order valence-corrected chi connectivity index (χ3v) is 2.62. The topological polar surface area (TPSA) is 6.48 Å². The Kier molecular flexibility index (Phi) is 3.36. The second-order valence-electron chi connectivity index (χ2n) is 4.74. The molecule has 76 valence electrons. The Labute approximate surface area is 82.9 Å². The molecule has 0 N–H and O–H groups in total. The van der Waals surface area contributed by atoms with Gasteiger partial charge in [0.25, 0.3) is 0 Å². The molecule has 1 saturated heterocycles. The van der Waals surface area contributed by atoms with Gasteiger partial charge in [-0.3, -0.25) is 9.80 Å². The Morgan fingerprint density at radius 2 is 1.92 bits per heavy atom. The normalized spacial score (nSPS) is 27.0. The maximum Gasteiger partial charge on any atom is 0.147 e. The van der Waals surface area contributed by atoms with E-state index in [9.17, 15) is 0 Å². The van der Waals surface area contributed by atoms with Crippen LogP contribution >= 0.6 is 0 Å². The van der Waals surface area contributed by atoms with E-state index in [0.717, 1.165) is 13.1 Å². The average molecular weight is 182 g/mol. The van der Waals surface area contributed by atoms with Crippen molar-refractivity contribution in [2.45, 2.75) is 52.6 Å². The fraction of sp³-hybridized carbons (Fsp3) is 0.909. The lowest BCUT2D eigenvalue weighted by Gasteiger charge is -2.34. The highest BCUT2D eigenvalue weighted by Gasteiger charge is 2.36. The van der Waals surface area contributed by atoms with Crippen molar-refractivity contribution < 1.29 is 0 Å². The van der Waals surface area contributed by atoms with Gasteiger partial charge in [0.15, 0.2) is 0 Å². The van der Waals surface area contributed by atoms with Crippen LogP contribution in [0.5, 0.6) is 0 Å². The van der Waals surface area contributed by atoms with E-state index in [4.69, 9.17) is 0 Å². The summed E-state index contributed by atoms with van der Waals surface area (Å²) >= 11 is 0. The quantitative estimate of drug-likeness (QED) is 0.646. The van der Waals surface area contributed by atoms with Gasteiger partial charge in [-0.25, -0.2) is 0 Å². The molecule has 0 saturated carbocycles. The van der Waals surface area contributed by atoms with Gasteiger partial charge >= 0.3 is 0 Å². The first-order chi connectivity index (χ1) is 5.99. The molecule has 0 aromatic carbocycles. The number of likely N-dealkylation sites (N-methyl/N-ethyl adjacent to an activating group) is 1. The molecule has 0 amide bonds. The van der Waals surface area contributed by atoms with Crippen molar-refractivity contribution in [2.24, 2.45) is 0 Å². The van der Waals surface area contributed by atoms with Crippen LogP contribution in [-0.4, -0.2) is 34.5 Å². The van der Waals surface area contributed by atoms with Gasteiger partial charge in [-0.05, 0) is 33.7 Å². The molecule has 2 radical (unpaired) electrons. The lowest BCUT2D eigenvalue weighted by atomic mass is 10.0. The van der Waals surface area contributed by atoms with Crippen LogP contribution in [-0.2, 0) is 0 Å². The van der Waals surface area contributed by atoms with E-state index in [2.05, 4.69) is 51.1 Å². The van der Waals surface area contributed by atoms with Crippen LogP contribution in [0.15, 0.2) is 0 Å². The van der Waals surface area contributed by atoms with Crippen LogP contribution in [0.25, 0.3) is 0 Å². The second-order valence-corrected chi connectivity index (χ2v) is 4.74. The number of rotatable bonds is 2. The van der Waals surface area contributed by atoms with Crippen LogP contribution in [0.1, 0.15) is 41.0 Å².